The Morgan fingerprint density at radius 1 is 1.52 bits per heavy atom. The van der Waals surface area contributed by atoms with Gasteiger partial charge in [-0.2, -0.15) is 5.26 Å². The van der Waals surface area contributed by atoms with Crippen molar-refractivity contribution >= 4 is 11.9 Å². The van der Waals surface area contributed by atoms with Crippen LogP contribution in [0.5, 0.6) is 0 Å². The van der Waals surface area contributed by atoms with Gasteiger partial charge in [-0.1, -0.05) is 0 Å². The van der Waals surface area contributed by atoms with Crippen molar-refractivity contribution in [2.45, 2.75) is 19.8 Å². The second kappa shape index (κ2) is 6.84. The lowest BCUT2D eigenvalue weighted by Gasteiger charge is -2.31. The van der Waals surface area contributed by atoms with Crippen LogP contribution in [0.3, 0.4) is 0 Å². The van der Waals surface area contributed by atoms with E-state index in [0.717, 1.165) is 12.8 Å². The minimum atomic E-state index is -0.263. The third kappa shape index (κ3) is 3.57. The van der Waals surface area contributed by atoms with Crippen LogP contribution in [0.25, 0.3) is 0 Å². The van der Waals surface area contributed by atoms with Gasteiger partial charge in [-0.3, -0.25) is 9.59 Å². The molecule has 1 atom stereocenters. The molecular formula is C15H17N3O3. The minimum absolute atomic E-state index is 0.214. The summed E-state index contributed by atoms with van der Waals surface area (Å²) in [6.45, 7) is 3.08. The van der Waals surface area contributed by atoms with Crippen molar-refractivity contribution in [3.8, 4) is 6.07 Å². The van der Waals surface area contributed by atoms with Crippen LogP contribution >= 0.6 is 0 Å². The number of rotatable bonds is 3. The molecule has 0 saturated carbocycles. The average Bonchev–Trinajstić information content (AvgIpc) is 2.54. The lowest BCUT2D eigenvalue weighted by Crippen LogP contribution is -2.43. The fourth-order valence-corrected chi connectivity index (χ4v) is 2.36. The minimum Gasteiger partial charge on any atom is -0.466 e. The van der Waals surface area contributed by atoms with Crippen molar-refractivity contribution in [3.63, 3.8) is 0 Å². The van der Waals surface area contributed by atoms with Gasteiger partial charge in [0.25, 0.3) is 5.91 Å². The number of nitrogens with zero attached hydrogens (tertiary/aromatic N) is 3. The number of carbonyl (C=O) groups excluding carboxylic acids is 2. The molecule has 1 saturated heterocycles. The highest BCUT2D eigenvalue weighted by Gasteiger charge is 2.30. The van der Waals surface area contributed by atoms with Gasteiger partial charge in [0.1, 0.15) is 11.8 Å². The summed E-state index contributed by atoms with van der Waals surface area (Å²) in [6.07, 6.45) is 2.88. The van der Waals surface area contributed by atoms with Gasteiger partial charge in [0, 0.05) is 19.3 Å². The van der Waals surface area contributed by atoms with Crippen LogP contribution < -0.4 is 0 Å². The van der Waals surface area contributed by atoms with Gasteiger partial charge in [-0.15, -0.1) is 0 Å². The summed E-state index contributed by atoms with van der Waals surface area (Å²) in [6, 6.07) is 5.06. The summed E-state index contributed by atoms with van der Waals surface area (Å²) in [5, 5.41) is 8.73. The number of esters is 1. The van der Waals surface area contributed by atoms with E-state index in [9.17, 15) is 9.59 Å². The molecule has 6 nitrogen and oxygen atoms in total. The summed E-state index contributed by atoms with van der Waals surface area (Å²) >= 11 is 0. The predicted octanol–water partition coefficient (Wildman–Crippen LogP) is 1.37. The van der Waals surface area contributed by atoms with Crippen molar-refractivity contribution in [1.29, 1.82) is 5.26 Å². The number of hydrogen-bond donors (Lipinski definition) is 0. The number of piperidine rings is 1. The molecule has 0 unspecified atom stereocenters. The van der Waals surface area contributed by atoms with Crippen LogP contribution in [0.15, 0.2) is 18.3 Å². The maximum Gasteiger partial charge on any atom is 0.310 e. The lowest BCUT2D eigenvalue weighted by atomic mass is 9.98. The van der Waals surface area contributed by atoms with Crippen molar-refractivity contribution in [2.24, 2.45) is 5.92 Å². The number of carbonyl (C=O) groups is 2. The molecule has 0 aromatic carbocycles. The van der Waals surface area contributed by atoms with Gasteiger partial charge in [0.05, 0.1) is 18.1 Å². The summed E-state index contributed by atoms with van der Waals surface area (Å²) in [4.78, 5) is 29.8. The highest BCUT2D eigenvalue weighted by atomic mass is 16.5. The molecule has 0 bridgehead atoms. The van der Waals surface area contributed by atoms with E-state index in [2.05, 4.69) is 4.98 Å². The molecular weight excluding hydrogens is 270 g/mol. The quantitative estimate of drug-likeness (QED) is 0.784. The third-order valence-electron chi connectivity index (χ3n) is 3.44. The van der Waals surface area contributed by atoms with Crippen LogP contribution in [0, 0.1) is 17.2 Å². The summed E-state index contributed by atoms with van der Waals surface area (Å²) < 4.78 is 5.02. The Morgan fingerprint density at radius 3 is 2.95 bits per heavy atom. The number of pyridine rings is 1. The van der Waals surface area contributed by atoms with E-state index in [1.807, 2.05) is 6.07 Å². The maximum atomic E-state index is 12.4. The highest BCUT2D eigenvalue weighted by Crippen LogP contribution is 2.19. The highest BCUT2D eigenvalue weighted by molar-refractivity contribution is 5.92. The van der Waals surface area contributed by atoms with Gasteiger partial charge >= 0.3 is 5.97 Å². The zero-order chi connectivity index (χ0) is 15.2. The third-order valence-corrected chi connectivity index (χ3v) is 3.44. The van der Waals surface area contributed by atoms with Crippen LogP contribution in [0.2, 0.25) is 0 Å². The Bertz CT molecular complexity index is 563. The van der Waals surface area contributed by atoms with E-state index in [4.69, 9.17) is 10.00 Å². The molecule has 21 heavy (non-hydrogen) atoms. The number of likely N-dealkylation sites (tertiary alicyclic amines) is 1. The fraction of sp³-hybridized carbons (Fsp3) is 0.467. The van der Waals surface area contributed by atoms with Crippen molar-refractivity contribution in [3.05, 3.63) is 29.6 Å². The number of nitriles is 1. The Hall–Kier alpha value is -2.42. The molecule has 1 aliphatic rings. The van der Waals surface area contributed by atoms with Gasteiger partial charge in [-0.05, 0) is 31.9 Å². The van der Waals surface area contributed by atoms with E-state index in [1.165, 1.54) is 12.3 Å². The van der Waals surface area contributed by atoms with E-state index in [1.54, 1.807) is 17.9 Å². The van der Waals surface area contributed by atoms with Crippen molar-refractivity contribution in [2.75, 3.05) is 19.7 Å². The molecule has 0 aliphatic carbocycles. The van der Waals surface area contributed by atoms with Crippen LogP contribution in [0.1, 0.15) is 35.8 Å². The molecule has 1 amide bonds. The molecule has 1 aliphatic heterocycles. The lowest BCUT2D eigenvalue weighted by molar-refractivity contribution is -0.149. The molecule has 0 N–H and O–H groups in total. The van der Waals surface area contributed by atoms with Crippen LogP contribution in [0.4, 0.5) is 0 Å². The predicted molar refractivity (Wildman–Crippen MR) is 74.2 cm³/mol. The standard InChI is InChI=1S/C15H17N3O3/c1-2-21-15(20)12-4-3-7-18(10-12)14(19)13-6-5-11(8-16)9-17-13/h5-6,9,12H,2-4,7,10H2,1H3/t12-/m0/s1. The van der Waals surface area contributed by atoms with E-state index < -0.39 is 0 Å². The van der Waals surface area contributed by atoms with Crippen LogP contribution in [-0.2, 0) is 9.53 Å². The fourth-order valence-electron chi connectivity index (χ4n) is 2.36. The summed E-state index contributed by atoms with van der Waals surface area (Å²) in [5.41, 5.74) is 0.702. The molecule has 1 aromatic rings. The zero-order valence-corrected chi connectivity index (χ0v) is 11.9. The van der Waals surface area contributed by atoms with Gasteiger partial charge < -0.3 is 9.64 Å². The topological polar surface area (TPSA) is 83.3 Å². The normalized spacial score (nSPS) is 17.9. The van der Waals surface area contributed by atoms with Gasteiger partial charge in [-0.25, -0.2) is 4.98 Å². The largest absolute Gasteiger partial charge is 0.466 e. The van der Waals surface area contributed by atoms with E-state index in [-0.39, 0.29) is 17.8 Å². The number of hydrogen-bond acceptors (Lipinski definition) is 5. The first kappa shape index (κ1) is 15.0. The zero-order valence-electron chi connectivity index (χ0n) is 11.9. The SMILES string of the molecule is CCOC(=O)[C@H]1CCCN(C(=O)c2ccc(C#N)cn2)C1. The second-order valence-corrected chi connectivity index (χ2v) is 4.89. The van der Waals surface area contributed by atoms with Crippen LogP contribution in [-0.4, -0.2) is 41.5 Å². The van der Waals surface area contributed by atoms with Gasteiger partial charge in [0.2, 0.25) is 0 Å². The first-order valence-electron chi connectivity index (χ1n) is 6.97. The summed E-state index contributed by atoms with van der Waals surface area (Å²) in [5.74, 6) is -0.725. The maximum absolute atomic E-state index is 12.4. The van der Waals surface area contributed by atoms with Crippen molar-refractivity contribution in [1.82, 2.24) is 9.88 Å². The first-order chi connectivity index (χ1) is 10.2. The number of amides is 1. The smallest absolute Gasteiger partial charge is 0.310 e. The second-order valence-electron chi connectivity index (χ2n) is 4.89. The monoisotopic (exact) mass is 287 g/mol. The van der Waals surface area contributed by atoms with Gasteiger partial charge in [0.15, 0.2) is 0 Å². The molecule has 1 aromatic heterocycles. The molecule has 2 rings (SSSR count). The van der Waals surface area contributed by atoms with E-state index in [0.29, 0.717) is 31.0 Å². The molecule has 0 spiro atoms. The van der Waals surface area contributed by atoms with E-state index >= 15 is 0 Å². The molecule has 110 valence electrons. The molecule has 1 fully saturated rings. The average molecular weight is 287 g/mol. The summed E-state index contributed by atoms with van der Waals surface area (Å²) in [7, 11) is 0. The Kier molecular flexibility index (Phi) is 4.88. The first-order valence-corrected chi connectivity index (χ1v) is 6.97. The molecule has 2 heterocycles. The molecule has 0 radical (unpaired) electrons. The van der Waals surface area contributed by atoms with Crippen molar-refractivity contribution < 1.29 is 14.3 Å². The number of aromatic nitrogens is 1. The Morgan fingerprint density at radius 2 is 2.33 bits per heavy atom. The molecule has 6 heteroatoms. The Labute approximate surface area is 123 Å². The number of ether oxygens (including phenoxy) is 1. The Balaban J connectivity index is 2.04.